The Kier molecular flexibility index (Phi) is 3.32. The van der Waals surface area contributed by atoms with Gasteiger partial charge in [0.2, 0.25) is 0 Å². The molecular formula is C12H15NO3. The SMILES string of the molecule is CC(C)(C)/[N+]([O-])=C/c1cccc(C(=O)O)c1. The van der Waals surface area contributed by atoms with Crippen LogP contribution in [0.5, 0.6) is 0 Å². The maximum Gasteiger partial charge on any atom is 0.335 e. The molecule has 1 rings (SSSR count). The molecule has 4 nitrogen and oxygen atoms in total. The maximum absolute atomic E-state index is 11.6. The van der Waals surface area contributed by atoms with Crippen LogP contribution < -0.4 is 0 Å². The molecule has 0 radical (unpaired) electrons. The molecule has 0 atom stereocenters. The first-order valence-corrected chi connectivity index (χ1v) is 4.95. The quantitative estimate of drug-likeness (QED) is 0.360. The summed E-state index contributed by atoms with van der Waals surface area (Å²) in [6.45, 7) is 5.37. The molecule has 0 aliphatic rings. The van der Waals surface area contributed by atoms with Crippen LogP contribution in [-0.4, -0.2) is 27.6 Å². The highest BCUT2D eigenvalue weighted by Crippen LogP contribution is 2.08. The van der Waals surface area contributed by atoms with Crippen molar-refractivity contribution < 1.29 is 14.6 Å². The first-order valence-electron chi connectivity index (χ1n) is 4.95. The number of carboxylic acids is 1. The molecule has 86 valence electrons. The number of carbonyl (C=O) groups is 1. The van der Waals surface area contributed by atoms with Gasteiger partial charge in [-0.2, -0.15) is 0 Å². The van der Waals surface area contributed by atoms with Gasteiger partial charge in [-0.05, 0) is 18.2 Å². The van der Waals surface area contributed by atoms with E-state index in [9.17, 15) is 10.0 Å². The minimum absolute atomic E-state index is 0.177. The number of hydrogen-bond acceptors (Lipinski definition) is 2. The average molecular weight is 221 g/mol. The van der Waals surface area contributed by atoms with Gasteiger partial charge in [-0.25, -0.2) is 9.53 Å². The van der Waals surface area contributed by atoms with E-state index < -0.39 is 11.5 Å². The lowest BCUT2D eigenvalue weighted by atomic mass is 10.1. The highest BCUT2D eigenvalue weighted by Gasteiger charge is 2.18. The molecule has 0 aliphatic heterocycles. The van der Waals surface area contributed by atoms with E-state index in [4.69, 9.17) is 5.11 Å². The molecule has 0 heterocycles. The van der Waals surface area contributed by atoms with Crippen molar-refractivity contribution in [1.29, 1.82) is 0 Å². The standard InChI is InChI=1S/C12H15NO3/c1-12(2,3)13(16)8-9-5-4-6-10(7-9)11(14)15/h4-8H,1-3H3,(H,14,15)/b13-8-. The van der Waals surface area contributed by atoms with Crippen molar-refractivity contribution in [3.8, 4) is 0 Å². The number of hydrogen-bond donors (Lipinski definition) is 1. The van der Waals surface area contributed by atoms with E-state index in [0.29, 0.717) is 5.56 Å². The molecule has 0 spiro atoms. The molecule has 1 aromatic carbocycles. The van der Waals surface area contributed by atoms with Gasteiger partial charge in [0.25, 0.3) is 0 Å². The second-order valence-electron chi connectivity index (χ2n) is 4.56. The minimum atomic E-state index is -0.997. The smallest absolute Gasteiger partial charge is 0.335 e. The van der Waals surface area contributed by atoms with Crippen molar-refractivity contribution in [3.63, 3.8) is 0 Å². The highest BCUT2D eigenvalue weighted by atomic mass is 16.5. The zero-order valence-electron chi connectivity index (χ0n) is 9.60. The second kappa shape index (κ2) is 4.35. The fourth-order valence-electron chi connectivity index (χ4n) is 1.08. The fourth-order valence-corrected chi connectivity index (χ4v) is 1.08. The predicted octanol–water partition coefficient (Wildman–Crippen LogP) is 2.11. The van der Waals surface area contributed by atoms with Gasteiger partial charge in [-0.15, -0.1) is 0 Å². The van der Waals surface area contributed by atoms with E-state index in [1.54, 1.807) is 32.9 Å². The summed E-state index contributed by atoms with van der Waals surface area (Å²) >= 11 is 0. The van der Waals surface area contributed by atoms with Gasteiger partial charge in [0.05, 0.1) is 5.56 Å². The molecule has 0 fully saturated rings. The Hall–Kier alpha value is -1.84. The summed E-state index contributed by atoms with van der Waals surface area (Å²) in [5, 5.41) is 20.4. The number of nitrogens with zero attached hydrogens (tertiary/aromatic N) is 1. The third-order valence-corrected chi connectivity index (χ3v) is 2.06. The molecule has 1 N–H and O–H groups in total. The molecule has 0 unspecified atom stereocenters. The Morgan fingerprint density at radius 2 is 2.06 bits per heavy atom. The van der Waals surface area contributed by atoms with Crippen LogP contribution in [0.1, 0.15) is 36.7 Å². The summed E-state index contributed by atoms with van der Waals surface area (Å²) in [5.41, 5.74) is 0.236. The Bertz CT molecular complexity index is 430. The van der Waals surface area contributed by atoms with Gasteiger partial charge in [0.15, 0.2) is 11.8 Å². The number of aromatic carboxylic acids is 1. The van der Waals surface area contributed by atoms with Gasteiger partial charge in [-0.1, -0.05) is 6.07 Å². The minimum Gasteiger partial charge on any atom is -0.623 e. The molecule has 0 aliphatic carbocycles. The Balaban J connectivity index is 3.07. The second-order valence-corrected chi connectivity index (χ2v) is 4.56. The summed E-state index contributed by atoms with van der Waals surface area (Å²) in [7, 11) is 0. The molecule has 4 heteroatoms. The Morgan fingerprint density at radius 3 is 2.56 bits per heavy atom. The van der Waals surface area contributed by atoms with E-state index in [1.165, 1.54) is 18.3 Å². The van der Waals surface area contributed by atoms with E-state index in [-0.39, 0.29) is 5.56 Å². The molecule has 0 bridgehead atoms. The van der Waals surface area contributed by atoms with Crippen LogP contribution in [-0.2, 0) is 0 Å². The molecular weight excluding hydrogens is 206 g/mol. The fraction of sp³-hybridized carbons (Fsp3) is 0.333. The summed E-state index contributed by atoms with van der Waals surface area (Å²) in [6.07, 6.45) is 1.40. The van der Waals surface area contributed by atoms with Crippen LogP contribution in [0.4, 0.5) is 0 Å². The highest BCUT2D eigenvalue weighted by molar-refractivity contribution is 5.90. The third-order valence-electron chi connectivity index (χ3n) is 2.06. The van der Waals surface area contributed by atoms with E-state index in [0.717, 1.165) is 4.74 Å². The summed E-state index contributed by atoms with van der Waals surface area (Å²) in [5.74, 6) is -0.997. The van der Waals surface area contributed by atoms with Crippen LogP contribution in [0.15, 0.2) is 24.3 Å². The van der Waals surface area contributed by atoms with Crippen LogP contribution in [0.3, 0.4) is 0 Å². The maximum atomic E-state index is 11.6. The van der Waals surface area contributed by atoms with E-state index >= 15 is 0 Å². The van der Waals surface area contributed by atoms with Gasteiger partial charge in [0.1, 0.15) is 0 Å². The Labute approximate surface area is 94.4 Å². The summed E-state index contributed by atoms with van der Waals surface area (Å²) in [6, 6.07) is 6.28. The lowest BCUT2D eigenvalue weighted by Crippen LogP contribution is -2.29. The monoisotopic (exact) mass is 221 g/mol. The van der Waals surface area contributed by atoms with Crippen LogP contribution in [0, 0.1) is 5.21 Å². The van der Waals surface area contributed by atoms with Crippen molar-refractivity contribution >= 4 is 12.2 Å². The molecule has 0 aromatic heterocycles. The largest absolute Gasteiger partial charge is 0.623 e. The zero-order valence-corrected chi connectivity index (χ0v) is 9.60. The average Bonchev–Trinajstić information content (AvgIpc) is 2.16. The van der Waals surface area contributed by atoms with Crippen molar-refractivity contribution in [2.24, 2.45) is 0 Å². The van der Waals surface area contributed by atoms with E-state index in [1.807, 2.05) is 0 Å². The molecule has 0 saturated carbocycles. The van der Waals surface area contributed by atoms with Crippen molar-refractivity contribution in [1.82, 2.24) is 0 Å². The third kappa shape index (κ3) is 3.08. The molecule has 1 aromatic rings. The van der Waals surface area contributed by atoms with Crippen molar-refractivity contribution in [3.05, 3.63) is 40.6 Å². The van der Waals surface area contributed by atoms with Crippen LogP contribution in [0.2, 0.25) is 0 Å². The van der Waals surface area contributed by atoms with Crippen LogP contribution in [0.25, 0.3) is 0 Å². The van der Waals surface area contributed by atoms with Gasteiger partial charge in [0, 0.05) is 26.3 Å². The van der Waals surface area contributed by atoms with Crippen molar-refractivity contribution in [2.45, 2.75) is 26.3 Å². The molecule has 0 amide bonds. The topological polar surface area (TPSA) is 63.4 Å². The number of rotatable bonds is 2. The summed E-state index contributed by atoms with van der Waals surface area (Å²) in [4.78, 5) is 10.7. The van der Waals surface area contributed by atoms with E-state index in [2.05, 4.69) is 0 Å². The van der Waals surface area contributed by atoms with Gasteiger partial charge < -0.3 is 10.3 Å². The Morgan fingerprint density at radius 1 is 1.44 bits per heavy atom. The normalized spacial score (nSPS) is 12.6. The van der Waals surface area contributed by atoms with Gasteiger partial charge in [-0.3, -0.25) is 0 Å². The number of benzene rings is 1. The predicted molar refractivity (Wildman–Crippen MR) is 61.9 cm³/mol. The zero-order chi connectivity index (χ0) is 12.3. The number of carboxylic acid groups (broad SMARTS) is 1. The lowest BCUT2D eigenvalue weighted by molar-refractivity contribution is -0.530. The lowest BCUT2D eigenvalue weighted by Gasteiger charge is -2.18. The molecule has 0 saturated heterocycles. The van der Waals surface area contributed by atoms with Gasteiger partial charge >= 0.3 is 5.97 Å². The first-order chi connectivity index (χ1) is 7.30. The first kappa shape index (κ1) is 12.2. The summed E-state index contributed by atoms with van der Waals surface area (Å²) < 4.78 is 0.813. The number of hydroxylamine groups is 1. The van der Waals surface area contributed by atoms with Crippen LogP contribution >= 0.6 is 0 Å². The molecule has 16 heavy (non-hydrogen) atoms. The van der Waals surface area contributed by atoms with Crippen molar-refractivity contribution in [2.75, 3.05) is 0 Å².